The molecule has 1 nitrogen and oxygen atoms in total. The quantitative estimate of drug-likeness (QED) is 0.539. The Morgan fingerprint density at radius 1 is 0.500 bits per heavy atom. The van der Waals surface area contributed by atoms with Gasteiger partial charge in [0, 0.05) is 18.9 Å². The molecule has 1 rings (SSSR count). The van der Waals surface area contributed by atoms with Crippen molar-refractivity contribution in [2.75, 3.05) is 13.1 Å². The molecular formula is C10H21LiN. The Balaban J connectivity index is 0.00000121. The Morgan fingerprint density at radius 2 is 0.833 bits per heavy atom. The smallest absolute Gasteiger partial charge is 0 e. The molecule has 0 amide bonds. The first-order valence-electron chi connectivity index (χ1n) is 5.21. The van der Waals surface area contributed by atoms with Crippen LogP contribution in [-0.2, 0) is 0 Å². The van der Waals surface area contributed by atoms with E-state index in [0.717, 1.165) is 0 Å². The van der Waals surface area contributed by atoms with Crippen LogP contribution in [0.2, 0.25) is 0 Å². The Kier molecular flexibility index (Phi) is 10.1. The third kappa shape index (κ3) is 7.22. The molecule has 1 N–H and O–H groups in total. The standard InChI is InChI=1S/C10H21N.Li/c1-2-4-6-8-10-11-9-7-5-3-1;/h11H,1-10H2;. The fourth-order valence-electron chi connectivity index (χ4n) is 1.69. The summed E-state index contributed by atoms with van der Waals surface area (Å²) in [6.45, 7) is 2.50. The van der Waals surface area contributed by atoms with E-state index in [4.69, 9.17) is 0 Å². The van der Waals surface area contributed by atoms with E-state index in [2.05, 4.69) is 5.32 Å². The van der Waals surface area contributed by atoms with Crippen molar-refractivity contribution >= 4 is 18.9 Å². The van der Waals surface area contributed by atoms with Gasteiger partial charge < -0.3 is 5.32 Å². The molecule has 0 aromatic heterocycles. The van der Waals surface area contributed by atoms with E-state index < -0.39 is 0 Å². The Bertz CT molecular complexity index is 47.9. The van der Waals surface area contributed by atoms with Crippen molar-refractivity contribution in [1.29, 1.82) is 0 Å². The van der Waals surface area contributed by atoms with E-state index in [1.54, 1.807) is 0 Å². The molecule has 0 saturated carbocycles. The van der Waals surface area contributed by atoms with Crippen molar-refractivity contribution < 1.29 is 0 Å². The summed E-state index contributed by atoms with van der Waals surface area (Å²) in [6, 6.07) is 0. The fourth-order valence-corrected chi connectivity index (χ4v) is 1.69. The van der Waals surface area contributed by atoms with Crippen molar-refractivity contribution in [2.24, 2.45) is 0 Å². The van der Waals surface area contributed by atoms with Gasteiger partial charge in [-0.2, -0.15) is 0 Å². The minimum absolute atomic E-state index is 0. The summed E-state index contributed by atoms with van der Waals surface area (Å²) < 4.78 is 0. The SMILES string of the molecule is C1CCCCCNCCCC1.[Li]. The average molecular weight is 162 g/mol. The molecule has 1 aliphatic rings. The van der Waals surface area contributed by atoms with Crippen molar-refractivity contribution in [1.82, 2.24) is 5.32 Å². The van der Waals surface area contributed by atoms with Crippen LogP contribution in [-0.4, -0.2) is 32.0 Å². The van der Waals surface area contributed by atoms with Crippen LogP contribution in [0.25, 0.3) is 0 Å². The van der Waals surface area contributed by atoms with E-state index in [1.807, 2.05) is 0 Å². The number of hydrogen-bond acceptors (Lipinski definition) is 1. The van der Waals surface area contributed by atoms with Gasteiger partial charge in [0.1, 0.15) is 0 Å². The first-order chi connectivity index (χ1) is 5.50. The molecule has 0 spiro atoms. The maximum atomic E-state index is 3.48. The summed E-state index contributed by atoms with van der Waals surface area (Å²) in [4.78, 5) is 0. The molecule has 1 radical (unpaired) electrons. The van der Waals surface area contributed by atoms with Crippen LogP contribution in [0.15, 0.2) is 0 Å². The van der Waals surface area contributed by atoms with Gasteiger partial charge in [0.25, 0.3) is 0 Å². The molecule has 1 saturated heterocycles. The van der Waals surface area contributed by atoms with Crippen LogP contribution < -0.4 is 5.32 Å². The molecule has 1 heterocycles. The van der Waals surface area contributed by atoms with Crippen molar-refractivity contribution in [2.45, 2.75) is 51.4 Å². The maximum absolute atomic E-state index is 3.48. The van der Waals surface area contributed by atoms with Crippen LogP contribution in [0.3, 0.4) is 0 Å². The molecule has 67 valence electrons. The minimum Gasteiger partial charge on any atom is -0.317 e. The zero-order valence-electron chi connectivity index (χ0n) is 8.57. The molecule has 0 aromatic carbocycles. The summed E-state index contributed by atoms with van der Waals surface area (Å²) >= 11 is 0. The van der Waals surface area contributed by atoms with Gasteiger partial charge in [-0.1, -0.05) is 38.5 Å². The predicted octanol–water partition coefficient (Wildman–Crippen LogP) is 2.33. The van der Waals surface area contributed by atoms with E-state index >= 15 is 0 Å². The molecule has 1 fully saturated rings. The first-order valence-corrected chi connectivity index (χ1v) is 5.21. The zero-order valence-corrected chi connectivity index (χ0v) is 8.57. The molecule has 0 unspecified atom stereocenters. The van der Waals surface area contributed by atoms with Gasteiger partial charge in [0.2, 0.25) is 0 Å². The minimum atomic E-state index is 0. The van der Waals surface area contributed by atoms with Crippen LogP contribution in [0.5, 0.6) is 0 Å². The normalized spacial score (nSPS) is 22.0. The topological polar surface area (TPSA) is 12.0 Å². The number of nitrogens with one attached hydrogen (secondary N) is 1. The monoisotopic (exact) mass is 162 g/mol. The molecular weight excluding hydrogens is 141 g/mol. The molecule has 0 bridgehead atoms. The third-order valence-corrected chi connectivity index (χ3v) is 2.46. The summed E-state index contributed by atoms with van der Waals surface area (Å²) in [5, 5.41) is 3.48. The predicted molar refractivity (Wildman–Crippen MR) is 55.6 cm³/mol. The second-order valence-electron chi connectivity index (χ2n) is 3.58. The van der Waals surface area contributed by atoms with Crippen molar-refractivity contribution in [3.63, 3.8) is 0 Å². The second-order valence-corrected chi connectivity index (χ2v) is 3.58. The van der Waals surface area contributed by atoms with Gasteiger partial charge in [0.05, 0.1) is 0 Å². The van der Waals surface area contributed by atoms with Gasteiger partial charge in [-0.15, -0.1) is 0 Å². The number of rotatable bonds is 0. The van der Waals surface area contributed by atoms with Gasteiger partial charge in [0.15, 0.2) is 0 Å². The molecule has 0 aliphatic carbocycles. The zero-order chi connectivity index (χ0) is 7.78. The van der Waals surface area contributed by atoms with Crippen LogP contribution in [0.4, 0.5) is 0 Å². The third-order valence-electron chi connectivity index (χ3n) is 2.46. The molecule has 0 atom stereocenters. The fraction of sp³-hybridized carbons (Fsp3) is 1.00. The Hall–Kier alpha value is 0.557. The summed E-state index contributed by atoms with van der Waals surface area (Å²) in [7, 11) is 0. The number of hydrogen-bond donors (Lipinski definition) is 1. The summed E-state index contributed by atoms with van der Waals surface area (Å²) in [5.41, 5.74) is 0. The van der Waals surface area contributed by atoms with Gasteiger partial charge in [-0.05, 0) is 25.9 Å². The van der Waals surface area contributed by atoms with Gasteiger partial charge >= 0.3 is 0 Å². The molecule has 12 heavy (non-hydrogen) atoms. The Morgan fingerprint density at radius 3 is 1.25 bits per heavy atom. The molecule has 2 heteroatoms. The van der Waals surface area contributed by atoms with Crippen LogP contribution in [0, 0.1) is 0 Å². The van der Waals surface area contributed by atoms with E-state index in [-0.39, 0.29) is 18.9 Å². The molecule has 1 aliphatic heterocycles. The first kappa shape index (κ1) is 12.6. The second kappa shape index (κ2) is 9.64. The van der Waals surface area contributed by atoms with E-state index in [9.17, 15) is 0 Å². The van der Waals surface area contributed by atoms with Crippen molar-refractivity contribution in [3.8, 4) is 0 Å². The van der Waals surface area contributed by atoms with E-state index in [0.29, 0.717) is 0 Å². The van der Waals surface area contributed by atoms with Gasteiger partial charge in [-0.25, -0.2) is 0 Å². The largest absolute Gasteiger partial charge is 0.317 e. The Labute approximate surface area is 88.9 Å². The van der Waals surface area contributed by atoms with Gasteiger partial charge in [-0.3, -0.25) is 0 Å². The van der Waals surface area contributed by atoms with Crippen LogP contribution in [0.1, 0.15) is 51.4 Å². The maximum Gasteiger partial charge on any atom is 0 e. The van der Waals surface area contributed by atoms with Crippen molar-refractivity contribution in [3.05, 3.63) is 0 Å². The average Bonchev–Trinajstić information content (AvgIpc) is 2.08. The van der Waals surface area contributed by atoms with E-state index in [1.165, 1.54) is 64.5 Å². The summed E-state index contributed by atoms with van der Waals surface area (Å²) in [5.74, 6) is 0. The summed E-state index contributed by atoms with van der Waals surface area (Å²) in [6.07, 6.45) is 11.5. The molecule has 0 aromatic rings. The van der Waals surface area contributed by atoms with Crippen LogP contribution >= 0.6 is 0 Å².